The maximum Gasteiger partial charge on any atom is 0.224 e. The van der Waals surface area contributed by atoms with Crippen molar-refractivity contribution in [1.29, 1.82) is 0 Å². The van der Waals surface area contributed by atoms with E-state index in [2.05, 4.69) is 5.32 Å². The van der Waals surface area contributed by atoms with E-state index in [1.807, 2.05) is 20.8 Å². The van der Waals surface area contributed by atoms with E-state index >= 15 is 0 Å². The smallest absolute Gasteiger partial charge is 0.224 e. The molecule has 0 saturated carbocycles. The zero-order valence-electron chi connectivity index (χ0n) is 12.2. The van der Waals surface area contributed by atoms with E-state index in [1.54, 1.807) is 0 Å². The molecule has 1 aliphatic heterocycles. The van der Waals surface area contributed by atoms with Crippen LogP contribution in [0, 0.1) is 5.92 Å². The number of hydrogen-bond donors (Lipinski definition) is 1. The molecule has 1 saturated heterocycles. The molecule has 5 nitrogen and oxygen atoms in total. The van der Waals surface area contributed by atoms with Crippen molar-refractivity contribution in [2.24, 2.45) is 5.92 Å². The van der Waals surface area contributed by atoms with Gasteiger partial charge in [-0.3, -0.25) is 4.79 Å². The molecule has 2 unspecified atom stereocenters. The summed E-state index contributed by atoms with van der Waals surface area (Å²) in [5, 5.41) is 2.94. The van der Waals surface area contributed by atoms with Gasteiger partial charge in [0, 0.05) is 19.1 Å². The first-order chi connectivity index (χ1) is 8.90. The lowest BCUT2D eigenvalue weighted by Gasteiger charge is -2.31. The van der Waals surface area contributed by atoms with Crippen LogP contribution in [0.5, 0.6) is 0 Å². The number of amides is 1. The minimum atomic E-state index is -3.18. The third kappa shape index (κ3) is 4.76. The van der Waals surface area contributed by atoms with Gasteiger partial charge in [-0.2, -0.15) is 0 Å². The summed E-state index contributed by atoms with van der Waals surface area (Å²) in [5.74, 6) is -0.0349. The minimum Gasteiger partial charge on any atom is -0.353 e. The Morgan fingerprint density at radius 1 is 1.42 bits per heavy atom. The first-order valence-corrected chi connectivity index (χ1v) is 8.79. The maximum atomic E-state index is 12.1. The Morgan fingerprint density at radius 3 is 2.68 bits per heavy atom. The van der Waals surface area contributed by atoms with Crippen LogP contribution in [0.4, 0.5) is 0 Å². The predicted octanol–water partition coefficient (Wildman–Crippen LogP) is 1.35. The van der Waals surface area contributed by atoms with Crippen LogP contribution in [0.15, 0.2) is 0 Å². The highest BCUT2D eigenvalue weighted by atomic mass is 32.2. The number of sulfonamides is 1. The van der Waals surface area contributed by atoms with Gasteiger partial charge in [-0.05, 0) is 32.6 Å². The lowest BCUT2D eigenvalue weighted by Crippen LogP contribution is -2.47. The van der Waals surface area contributed by atoms with Gasteiger partial charge in [0.05, 0.1) is 11.7 Å². The summed E-state index contributed by atoms with van der Waals surface area (Å²) in [6.07, 6.45) is 3.04. The Balaban J connectivity index is 2.62. The Kier molecular flexibility index (Phi) is 6.26. The average Bonchev–Trinajstić information content (AvgIpc) is 2.38. The van der Waals surface area contributed by atoms with Crippen molar-refractivity contribution >= 4 is 15.9 Å². The largest absolute Gasteiger partial charge is 0.353 e. The number of piperidine rings is 1. The van der Waals surface area contributed by atoms with Crippen molar-refractivity contribution in [1.82, 2.24) is 9.62 Å². The van der Waals surface area contributed by atoms with Crippen molar-refractivity contribution in [2.45, 2.75) is 52.5 Å². The molecule has 6 heteroatoms. The van der Waals surface area contributed by atoms with Crippen molar-refractivity contribution < 1.29 is 13.2 Å². The highest BCUT2D eigenvalue weighted by molar-refractivity contribution is 7.89. The summed E-state index contributed by atoms with van der Waals surface area (Å²) in [5.41, 5.74) is 0. The molecule has 0 spiro atoms. The van der Waals surface area contributed by atoms with Gasteiger partial charge in [-0.1, -0.05) is 13.8 Å². The molecule has 1 heterocycles. The van der Waals surface area contributed by atoms with Crippen LogP contribution in [0.1, 0.15) is 46.5 Å². The van der Waals surface area contributed by atoms with Gasteiger partial charge in [0.25, 0.3) is 0 Å². The van der Waals surface area contributed by atoms with E-state index in [0.717, 1.165) is 19.3 Å². The molecule has 2 atom stereocenters. The average molecular weight is 290 g/mol. The molecule has 0 aromatic heterocycles. The molecular weight excluding hydrogens is 264 g/mol. The van der Waals surface area contributed by atoms with E-state index < -0.39 is 10.0 Å². The Hall–Kier alpha value is -0.620. The predicted molar refractivity (Wildman–Crippen MR) is 76.3 cm³/mol. The minimum absolute atomic E-state index is 0.00857. The monoisotopic (exact) mass is 290 g/mol. The molecule has 0 radical (unpaired) electrons. The number of hydrogen-bond acceptors (Lipinski definition) is 3. The first kappa shape index (κ1) is 16.4. The lowest BCUT2D eigenvalue weighted by atomic mass is 9.98. The second-order valence-corrected chi connectivity index (χ2v) is 7.42. The van der Waals surface area contributed by atoms with Gasteiger partial charge < -0.3 is 5.32 Å². The van der Waals surface area contributed by atoms with E-state index in [4.69, 9.17) is 0 Å². The maximum absolute atomic E-state index is 12.1. The number of carbonyl (C=O) groups is 1. The summed E-state index contributed by atoms with van der Waals surface area (Å²) in [6, 6.07) is 0.148. The summed E-state index contributed by atoms with van der Waals surface area (Å²) in [7, 11) is -3.18. The molecule has 112 valence electrons. The summed E-state index contributed by atoms with van der Waals surface area (Å²) >= 11 is 0. The van der Waals surface area contributed by atoms with Crippen molar-refractivity contribution in [3.63, 3.8) is 0 Å². The van der Waals surface area contributed by atoms with E-state index in [-0.39, 0.29) is 23.6 Å². The zero-order valence-corrected chi connectivity index (χ0v) is 13.0. The molecule has 0 aliphatic carbocycles. The van der Waals surface area contributed by atoms with Crippen molar-refractivity contribution in [3.05, 3.63) is 0 Å². The topological polar surface area (TPSA) is 66.5 Å². The second kappa shape index (κ2) is 7.24. The third-order valence-electron chi connectivity index (χ3n) is 3.61. The SMILES string of the molecule is CCCS(=O)(=O)N1CCCC(C(=O)NC(C)CC)C1. The highest BCUT2D eigenvalue weighted by Gasteiger charge is 2.31. The second-order valence-electron chi connectivity index (χ2n) is 5.33. The highest BCUT2D eigenvalue weighted by Crippen LogP contribution is 2.20. The van der Waals surface area contributed by atoms with Gasteiger partial charge in [0.1, 0.15) is 0 Å². The Labute approximate surface area is 116 Å². The van der Waals surface area contributed by atoms with Crippen LogP contribution in [0.25, 0.3) is 0 Å². The van der Waals surface area contributed by atoms with Crippen LogP contribution in [-0.4, -0.2) is 43.5 Å². The molecule has 1 amide bonds. The van der Waals surface area contributed by atoms with Gasteiger partial charge in [0.15, 0.2) is 0 Å². The quantitative estimate of drug-likeness (QED) is 0.803. The fourth-order valence-electron chi connectivity index (χ4n) is 2.26. The molecule has 0 aromatic carbocycles. The van der Waals surface area contributed by atoms with Crippen LogP contribution < -0.4 is 5.32 Å². The van der Waals surface area contributed by atoms with Crippen LogP contribution in [0.3, 0.4) is 0 Å². The fraction of sp³-hybridized carbons (Fsp3) is 0.923. The lowest BCUT2D eigenvalue weighted by molar-refractivity contribution is -0.126. The molecule has 0 aromatic rings. The number of carbonyl (C=O) groups excluding carboxylic acids is 1. The summed E-state index contributed by atoms with van der Waals surface area (Å²) in [6.45, 7) is 6.73. The summed E-state index contributed by atoms with van der Waals surface area (Å²) in [4.78, 5) is 12.1. The van der Waals surface area contributed by atoms with E-state index in [0.29, 0.717) is 19.5 Å². The normalized spacial score (nSPS) is 23.0. The van der Waals surface area contributed by atoms with Crippen LogP contribution >= 0.6 is 0 Å². The van der Waals surface area contributed by atoms with E-state index in [9.17, 15) is 13.2 Å². The molecule has 1 N–H and O–H groups in total. The van der Waals surface area contributed by atoms with Crippen LogP contribution in [-0.2, 0) is 14.8 Å². The zero-order chi connectivity index (χ0) is 14.5. The van der Waals surface area contributed by atoms with Crippen molar-refractivity contribution in [2.75, 3.05) is 18.8 Å². The Bertz CT molecular complexity index is 395. The van der Waals surface area contributed by atoms with Crippen molar-refractivity contribution in [3.8, 4) is 0 Å². The van der Waals surface area contributed by atoms with Gasteiger partial charge in [0.2, 0.25) is 15.9 Å². The molecule has 1 fully saturated rings. The first-order valence-electron chi connectivity index (χ1n) is 7.18. The Morgan fingerprint density at radius 2 is 2.11 bits per heavy atom. The molecule has 1 rings (SSSR count). The standard InChI is InChI=1S/C13H26N2O3S/c1-4-9-19(17,18)15-8-6-7-12(10-15)13(16)14-11(3)5-2/h11-12H,4-10H2,1-3H3,(H,14,16). The van der Waals surface area contributed by atoms with E-state index in [1.165, 1.54) is 4.31 Å². The van der Waals surface area contributed by atoms with Gasteiger partial charge in [-0.15, -0.1) is 0 Å². The molecule has 0 bridgehead atoms. The van der Waals surface area contributed by atoms with Gasteiger partial charge >= 0.3 is 0 Å². The third-order valence-corrected chi connectivity index (χ3v) is 5.65. The molecule has 1 aliphatic rings. The number of nitrogens with zero attached hydrogens (tertiary/aromatic N) is 1. The number of rotatable bonds is 6. The van der Waals surface area contributed by atoms with Gasteiger partial charge in [-0.25, -0.2) is 12.7 Å². The fourth-order valence-corrected chi connectivity index (χ4v) is 3.85. The summed E-state index contributed by atoms with van der Waals surface area (Å²) < 4.78 is 25.5. The molecule has 19 heavy (non-hydrogen) atoms. The number of nitrogens with one attached hydrogen (secondary N) is 1. The van der Waals surface area contributed by atoms with Crippen LogP contribution in [0.2, 0.25) is 0 Å². The molecular formula is C13H26N2O3S.